The highest BCUT2D eigenvalue weighted by Crippen LogP contribution is 2.25. The van der Waals surface area contributed by atoms with Crippen LogP contribution in [0.1, 0.15) is 25.3 Å². The molecule has 0 spiro atoms. The van der Waals surface area contributed by atoms with E-state index in [9.17, 15) is 18.0 Å². The molecule has 1 heterocycles. The second-order valence-corrected chi connectivity index (χ2v) is 8.18. The quantitative estimate of drug-likeness (QED) is 0.737. The number of nitrogens with one attached hydrogen (secondary N) is 1. The number of nitrogens with two attached hydrogens (primary N) is 1. The van der Waals surface area contributed by atoms with Gasteiger partial charge < -0.3 is 15.4 Å². The fourth-order valence-corrected chi connectivity index (χ4v) is 4.45. The number of likely N-dealkylation sites (tertiary alicyclic amines) is 1. The first kappa shape index (κ1) is 20.2. The molecule has 0 unspecified atom stereocenters. The Labute approximate surface area is 153 Å². The van der Waals surface area contributed by atoms with Gasteiger partial charge in [0.05, 0.1) is 13.2 Å². The van der Waals surface area contributed by atoms with Crippen LogP contribution in [0, 0.1) is 12.8 Å². The average Bonchev–Trinajstić information content (AvgIpc) is 2.60. The third-order valence-electron chi connectivity index (χ3n) is 4.52. The summed E-state index contributed by atoms with van der Waals surface area (Å²) in [5.74, 6) is -0.715. The Balaban J connectivity index is 2.09. The maximum Gasteiger partial charge on any atom is 0.244 e. The molecule has 26 heavy (non-hydrogen) atoms. The highest BCUT2D eigenvalue weighted by Gasteiger charge is 2.31. The van der Waals surface area contributed by atoms with Gasteiger partial charge in [0.2, 0.25) is 21.8 Å². The molecule has 0 aliphatic carbocycles. The molecule has 1 aliphatic rings. The van der Waals surface area contributed by atoms with Crippen molar-refractivity contribution in [2.24, 2.45) is 11.7 Å². The van der Waals surface area contributed by atoms with Gasteiger partial charge in [-0.05, 0) is 44.4 Å². The summed E-state index contributed by atoms with van der Waals surface area (Å²) in [4.78, 5) is 25.3. The second kappa shape index (κ2) is 8.05. The number of piperidine rings is 1. The number of benzene rings is 1. The number of aryl methyl sites for hydroxylation is 1. The van der Waals surface area contributed by atoms with Crippen molar-refractivity contribution in [2.45, 2.75) is 37.6 Å². The van der Waals surface area contributed by atoms with Crippen LogP contribution in [-0.2, 0) is 19.6 Å². The lowest BCUT2D eigenvalue weighted by Gasteiger charge is -2.32. The zero-order valence-corrected chi connectivity index (χ0v) is 16.0. The lowest BCUT2D eigenvalue weighted by molar-refractivity contribution is -0.136. The average molecular weight is 383 g/mol. The first-order chi connectivity index (χ1) is 12.2. The molecule has 1 saturated heterocycles. The van der Waals surface area contributed by atoms with E-state index in [1.165, 1.54) is 20.1 Å². The van der Waals surface area contributed by atoms with Gasteiger partial charge in [-0.25, -0.2) is 8.42 Å². The van der Waals surface area contributed by atoms with Crippen LogP contribution in [0.15, 0.2) is 23.1 Å². The Morgan fingerprint density at radius 1 is 1.31 bits per heavy atom. The van der Waals surface area contributed by atoms with Crippen LogP contribution in [0.3, 0.4) is 0 Å². The van der Waals surface area contributed by atoms with E-state index < -0.39 is 16.1 Å². The number of methoxy groups -OCH3 is 1. The number of primary amides is 1. The van der Waals surface area contributed by atoms with Crippen LogP contribution in [0.5, 0.6) is 5.75 Å². The molecule has 0 aromatic heterocycles. The predicted octanol–water partition coefficient (Wildman–Crippen LogP) is 0.394. The van der Waals surface area contributed by atoms with Crippen molar-refractivity contribution in [1.29, 1.82) is 0 Å². The van der Waals surface area contributed by atoms with Crippen molar-refractivity contribution < 1.29 is 22.7 Å². The van der Waals surface area contributed by atoms with Gasteiger partial charge in [-0.3, -0.25) is 9.59 Å². The third kappa shape index (κ3) is 4.53. The number of nitrogens with zero attached hydrogens (tertiary/aromatic N) is 1. The maximum atomic E-state index is 12.7. The van der Waals surface area contributed by atoms with Crippen molar-refractivity contribution >= 4 is 21.8 Å². The number of carbonyl (C=O) groups is 2. The summed E-state index contributed by atoms with van der Waals surface area (Å²) in [7, 11) is -2.54. The van der Waals surface area contributed by atoms with Crippen LogP contribution in [0.2, 0.25) is 0 Å². The number of carbonyl (C=O) groups excluding carboxylic acids is 2. The smallest absolute Gasteiger partial charge is 0.244 e. The topological polar surface area (TPSA) is 119 Å². The van der Waals surface area contributed by atoms with E-state index in [1.807, 2.05) is 0 Å². The van der Waals surface area contributed by atoms with Crippen molar-refractivity contribution in [3.8, 4) is 5.75 Å². The molecule has 2 rings (SSSR count). The molecule has 1 fully saturated rings. The Kier molecular flexibility index (Phi) is 6.25. The van der Waals surface area contributed by atoms with Crippen molar-refractivity contribution in [1.82, 2.24) is 9.62 Å². The summed E-state index contributed by atoms with van der Waals surface area (Å²) in [5.41, 5.74) is 6.05. The SMILES string of the molecule is COc1ccc(C)cc1S(=O)(=O)N[C@@H](C)C(=O)N1CCC(C(N)=O)CC1. The van der Waals surface area contributed by atoms with Gasteiger partial charge in [0.25, 0.3) is 0 Å². The molecule has 1 atom stereocenters. The van der Waals surface area contributed by atoms with E-state index in [4.69, 9.17) is 10.5 Å². The summed E-state index contributed by atoms with van der Waals surface area (Å²) < 4.78 is 32.9. The van der Waals surface area contributed by atoms with E-state index >= 15 is 0 Å². The third-order valence-corrected chi connectivity index (χ3v) is 6.08. The van der Waals surface area contributed by atoms with E-state index in [-0.39, 0.29) is 28.4 Å². The number of amides is 2. The minimum absolute atomic E-state index is 0.00733. The molecule has 3 N–H and O–H groups in total. The van der Waals surface area contributed by atoms with E-state index in [2.05, 4.69) is 4.72 Å². The zero-order chi connectivity index (χ0) is 19.5. The molecule has 1 aromatic carbocycles. The Bertz CT molecular complexity index is 786. The molecule has 1 aromatic rings. The van der Waals surface area contributed by atoms with E-state index in [1.54, 1.807) is 24.0 Å². The molecule has 9 heteroatoms. The van der Waals surface area contributed by atoms with Crippen molar-refractivity contribution in [3.05, 3.63) is 23.8 Å². The van der Waals surface area contributed by atoms with Gasteiger partial charge in [0, 0.05) is 19.0 Å². The van der Waals surface area contributed by atoms with Crippen LogP contribution >= 0.6 is 0 Å². The molecular formula is C17H25N3O5S. The van der Waals surface area contributed by atoms with E-state index in [0.29, 0.717) is 25.9 Å². The van der Waals surface area contributed by atoms with Crippen LogP contribution in [0.4, 0.5) is 0 Å². The van der Waals surface area contributed by atoms with Gasteiger partial charge in [0.1, 0.15) is 10.6 Å². The molecule has 2 amide bonds. The molecule has 0 saturated carbocycles. The Morgan fingerprint density at radius 2 is 1.92 bits per heavy atom. The summed E-state index contributed by atoms with van der Waals surface area (Å²) in [5, 5.41) is 0. The monoisotopic (exact) mass is 383 g/mol. The lowest BCUT2D eigenvalue weighted by atomic mass is 9.96. The van der Waals surface area contributed by atoms with Crippen LogP contribution in [-0.4, -0.2) is 51.4 Å². The molecule has 144 valence electrons. The van der Waals surface area contributed by atoms with E-state index in [0.717, 1.165) is 5.56 Å². The summed E-state index contributed by atoms with van der Waals surface area (Å²) in [6.07, 6.45) is 0.985. The molecular weight excluding hydrogens is 358 g/mol. The van der Waals surface area contributed by atoms with Gasteiger partial charge in [-0.1, -0.05) is 6.07 Å². The second-order valence-electron chi connectivity index (χ2n) is 6.50. The highest BCUT2D eigenvalue weighted by atomic mass is 32.2. The van der Waals surface area contributed by atoms with Gasteiger partial charge in [-0.15, -0.1) is 0 Å². The predicted molar refractivity (Wildman–Crippen MR) is 96.0 cm³/mol. The number of sulfonamides is 1. The van der Waals surface area contributed by atoms with Crippen LogP contribution < -0.4 is 15.2 Å². The summed E-state index contributed by atoms with van der Waals surface area (Å²) in [6.45, 7) is 4.04. The molecule has 1 aliphatic heterocycles. The summed E-state index contributed by atoms with van der Waals surface area (Å²) in [6, 6.07) is 3.88. The molecule has 0 radical (unpaired) electrons. The largest absolute Gasteiger partial charge is 0.495 e. The first-order valence-corrected chi connectivity index (χ1v) is 9.89. The number of ether oxygens (including phenoxy) is 1. The van der Waals surface area contributed by atoms with Gasteiger partial charge in [-0.2, -0.15) is 4.72 Å². The van der Waals surface area contributed by atoms with Crippen molar-refractivity contribution in [2.75, 3.05) is 20.2 Å². The number of hydrogen-bond acceptors (Lipinski definition) is 5. The number of hydrogen-bond donors (Lipinski definition) is 2. The van der Waals surface area contributed by atoms with Gasteiger partial charge in [0.15, 0.2) is 0 Å². The number of rotatable bonds is 6. The normalized spacial score (nSPS) is 17.0. The first-order valence-electron chi connectivity index (χ1n) is 8.40. The fraction of sp³-hybridized carbons (Fsp3) is 0.529. The Morgan fingerprint density at radius 3 is 2.46 bits per heavy atom. The lowest BCUT2D eigenvalue weighted by Crippen LogP contribution is -2.50. The summed E-state index contributed by atoms with van der Waals surface area (Å²) >= 11 is 0. The van der Waals surface area contributed by atoms with Crippen molar-refractivity contribution in [3.63, 3.8) is 0 Å². The molecule has 8 nitrogen and oxygen atoms in total. The standard InChI is InChI=1S/C17H25N3O5S/c1-11-4-5-14(25-3)15(10-11)26(23,24)19-12(2)17(22)20-8-6-13(7-9-20)16(18)21/h4-5,10,12-13,19H,6-9H2,1-3H3,(H2,18,21)/t12-/m0/s1. The fourth-order valence-electron chi connectivity index (χ4n) is 3.00. The minimum Gasteiger partial charge on any atom is -0.495 e. The maximum absolute atomic E-state index is 12.7. The van der Waals surface area contributed by atoms with Crippen LogP contribution in [0.25, 0.3) is 0 Å². The zero-order valence-electron chi connectivity index (χ0n) is 15.2. The van der Waals surface area contributed by atoms with Gasteiger partial charge >= 0.3 is 0 Å². The minimum atomic E-state index is -3.93. The molecule has 0 bridgehead atoms. The Hall–Kier alpha value is -2.13. The highest BCUT2D eigenvalue weighted by molar-refractivity contribution is 7.89.